The lowest BCUT2D eigenvalue weighted by Gasteiger charge is -2.29. The topological polar surface area (TPSA) is 118 Å². The van der Waals surface area contributed by atoms with Gasteiger partial charge in [-0.3, -0.25) is 4.79 Å². The Morgan fingerprint density at radius 3 is 2.00 bits per heavy atom. The molecule has 0 fully saturated rings. The van der Waals surface area contributed by atoms with Crippen LogP contribution in [0.15, 0.2) is 71.2 Å². The number of aliphatic hydroxyl groups excluding tert-OH is 1. The molecular formula is C40H49N2O6+. The highest BCUT2D eigenvalue weighted by molar-refractivity contribution is 6.24. The molecule has 0 saturated heterocycles. The average Bonchev–Trinajstić information content (AvgIpc) is 3.39. The molecule has 8 nitrogen and oxygen atoms in total. The van der Waals surface area contributed by atoms with Crippen molar-refractivity contribution in [2.45, 2.75) is 104 Å². The summed E-state index contributed by atoms with van der Waals surface area (Å²) in [6.07, 6.45) is 12.0. The Labute approximate surface area is 283 Å². The molecule has 0 spiro atoms. The van der Waals surface area contributed by atoms with E-state index < -0.39 is 22.8 Å². The number of hydrogen-bond donors (Lipinski definition) is 3. The van der Waals surface area contributed by atoms with Gasteiger partial charge < -0.3 is 20.2 Å². The molecule has 3 N–H and O–H groups in total. The maximum absolute atomic E-state index is 13.9. The van der Waals surface area contributed by atoms with E-state index in [4.69, 9.17) is 0 Å². The van der Waals surface area contributed by atoms with E-state index in [0.29, 0.717) is 0 Å². The molecule has 0 aromatic heterocycles. The predicted molar refractivity (Wildman–Crippen MR) is 189 cm³/mol. The highest BCUT2D eigenvalue weighted by Gasteiger charge is 2.47. The fourth-order valence-electron chi connectivity index (χ4n) is 7.40. The summed E-state index contributed by atoms with van der Waals surface area (Å²) in [7, 11) is 0. The Balaban J connectivity index is 1.56. The summed E-state index contributed by atoms with van der Waals surface area (Å²) in [5, 5.41) is 30.9. The normalized spacial score (nSPS) is 19.3. The number of carbonyl (C=O) groups excluding carboxylic acids is 1. The van der Waals surface area contributed by atoms with Gasteiger partial charge in [0.15, 0.2) is 5.71 Å². The maximum Gasteiger partial charge on any atom is 0.335 e. The van der Waals surface area contributed by atoms with E-state index >= 15 is 0 Å². The second-order valence-corrected chi connectivity index (χ2v) is 14.3. The zero-order valence-electron chi connectivity index (χ0n) is 29.2. The highest BCUT2D eigenvalue weighted by atomic mass is 16.4. The fourth-order valence-corrected chi connectivity index (χ4v) is 7.40. The fraction of sp³-hybridized carbons (Fsp3) is 0.450. The van der Waals surface area contributed by atoms with Crippen LogP contribution in [0.1, 0.15) is 125 Å². The minimum Gasteiger partial charge on any atom is -0.506 e. The summed E-state index contributed by atoms with van der Waals surface area (Å²) < 4.78 is 2.18. The van der Waals surface area contributed by atoms with Crippen LogP contribution in [0.2, 0.25) is 0 Å². The first kappa shape index (κ1) is 34.9. The smallest absolute Gasteiger partial charge is 0.335 e. The number of nitrogens with zero attached hydrogens (tertiary/aromatic N) is 2. The molecule has 0 atom stereocenters. The number of carboxylic acids is 2. The van der Waals surface area contributed by atoms with E-state index in [1.807, 2.05) is 39.8 Å². The SMILES string of the molecule is CCCCCCN1/C(=C/C2=C(O)C(=C\C3=[N+](CCCCCC)c4ccc(C(=O)O)cc4C3(C)C)/C2=O)C(C)(C)c2cc(C(=O)O)ccc21. The van der Waals surface area contributed by atoms with Crippen molar-refractivity contribution >= 4 is 34.8 Å². The van der Waals surface area contributed by atoms with Gasteiger partial charge in [0.05, 0.1) is 27.7 Å². The summed E-state index contributed by atoms with van der Waals surface area (Å²) in [6, 6.07) is 10.4. The van der Waals surface area contributed by atoms with E-state index in [1.54, 1.807) is 36.4 Å². The largest absolute Gasteiger partial charge is 0.506 e. The zero-order valence-corrected chi connectivity index (χ0v) is 29.2. The Bertz CT molecular complexity index is 1790. The molecule has 8 heteroatoms. The Kier molecular flexibility index (Phi) is 9.86. The van der Waals surface area contributed by atoms with Crippen LogP contribution in [0.5, 0.6) is 0 Å². The van der Waals surface area contributed by atoms with Gasteiger partial charge in [-0.1, -0.05) is 59.8 Å². The number of aliphatic hydroxyl groups is 1. The number of hydrogen-bond acceptors (Lipinski definition) is 5. The molecule has 2 aliphatic heterocycles. The Morgan fingerprint density at radius 1 is 0.792 bits per heavy atom. The first-order chi connectivity index (χ1) is 22.7. The third-order valence-electron chi connectivity index (χ3n) is 10.3. The summed E-state index contributed by atoms with van der Waals surface area (Å²) in [5.74, 6) is -2.29. The average molecular weight is 654 g/mol. The molecule has 0 bridgehead atoms. The minimum absolute atomic E-state index is 0.0622. The summed E-state index contributed by atoms with van der Waals surface area (Å²) in [6.45, 7) is 13.9. The van der Waals surface area contributed by atoms with Crippen molar-refractivity contribution in [3.05, 3.63) is 93.4 Å². The number of allylic oxidation sites excluding steroid dienone is 5. The molecule has 2 aromatic carbocycles. The number of fused-ring (bicyclic) bond motifs is 2. The second-order valence-electron chi connectivity index (χ2n) is 14.3. The van der Waals surface area contributed by atoms with Gasteiger partial charge in [-0.05, 0) is 68.7 Å². The molecule has 48 heavy (non-hydrogen) atoms. The number of benzene rings is 2. The van der Waals surface area contributed by atoms with E-state index in [2.05, 4.69) is 23.3 Å². The van der Waals surface area contributed by atoms with Crippen LogP contribution < -0.4 is 4.90 Å². The third kappa shape index (κ3) is 6.13. The number of ketones is 1. The molecule has 1 aliphatic carbocycles. The molecule has 254 valence electrons. The molecule has 0 unspecified atom stereocenters. The van der Waals surface area contributed by atoms with Crippen molar-refractivity contribution in [3.8, 4) is 0 Å². The minimum atomic E-state index is -0.988. The Hall–Kier alpha value is -4.46. The van der Waals surface area contributed by atoms with Gasteiger partial charge in [-0.2, -0.15) is 4.58 Å². The molecule has 0 amide bonds. The standard InChI is InChI=1S/C40H48N2O6/c1-7-9-11-13-19-41-31-17-15-25(37(45)46)21-29(31)39(3,4)33(41)23-27-35(43)28(36(27)44)24-34-40(5,6)30-22-26(38(47)48)16-18-32(30)42(34)20-14-12-10-8-2/h15-18,21-24H,7-14,19-20H2,1-6H3,(H2-,43,44,45,46,47,48)/p+1. The number of aromatic carboxylic acids is 2. The van der Waals surface area contributed by atoms with Crippen LogP contribution in [-0.2, 0) is 15.6 Å². The molecule has 5 rings (SSSR count). The zero-order chi connectivity index (χ0) is 35.0. The summed E-state index contributed by atoms with van der Waals surface area (Å²) in [4.78, 5) is 39.7. The maximum atomic E-state index is 13.9. The highest BCUT2D eigenvalue weighted by Crippen LogP contribution is 2.50. The van der Waals surface area contributed by atoms with Crippen LogP contribution >= 0.6 is 0 Å². The number of anilines is 1. The van der Waals surface area contributed by atoms with E-state index in [0.717, 1.165) is 98.4 Å². The van der Waals surface area contributed by atoms with E-state index in [-0.39, 0.29) is 33.8 Å². The van der Waals surface area contributed by atoms with Gasteiger partial charge >= 0.3 is 11.9 Å². The Morgan fingerprint density at radius 2 is 1.40 bits per heavy atom. The lowest BCUT2D eigenvalue weighted by atomic mass is 9.77. The number of Topliss-reactive ketones (excluding diaryl/α,β-unsaturated/α-hetero) is 1. The van der Waals surface area contributed by atoms with Gasteiger partial charge in [0.1, 0.15) is 12.3 Å². The summed E-state index contributed by atoms with van der Waals surface area (Å²) >= 11 is 0. The first-order valence-corrected chi connectivity index (χ1v) is 17.4. The monoisotopic (exact) mass is 653 g/mol. The first-order valence-electron chi connectivity index (χ1n) is 17.4. The van der Waals surface area contributed by atoms with Crippen LogP contribution in [0.25, 0.3) is 0 Å². The van der Waals surface area contributed by atoms with Gasteiger partial charge in [-0.15, -0.1) is 0 Å². The van der Waals surface area contributed by atoms with Crippen molar-refractivity contribution in [2.24, 2.45) is 0 Å². The van der Waals surface area contributed by atoms with Gasteiger partial charge in [0, 0.05) is 47.5 Å². The van der Waals surface area contributed by atoms with Crippen molar-refractivity contribution in [1.29, 1.82) is 0 Å². The predicted octanol–water partition coefficient (Wildman–Crippen LogP) is 8.62. The lowest BCUT2D eigenvalue weighted by Crippen LogP contribution is -2.32. The molecular weight excluding hydrogens is 604 g/mol. The van der Waals surface area contributed by atoms with Crippen LogP contribution in [-0.4, -0.2) is 56.4 Å². The van der Waals surface area contributed by atoms with Gasteiger partial charge in [0.25, 0.3) is 0 Å². The molecule has 0 saturated carbocycles. The van der Waals surface area contributed by atoms with Crippen LogP contribution in [0.4, 0.5) is 11.4 Å². The van der Waals surface area contributed by atoms with Crippen LogP contribution in [0, 0.1) is 0 Å². The number of carboxylic acid groups (broad SMARTS) is 2. The lowest BCUT2D eigenvalue weighted by molar-refractivity contribution is -0.438. The number of rotatable bonds is 14. The van der Waals surface area contributed by atoms with E-state index in [9.17, 15) is 29.7 Å². The molecule has 2 heterocycles. The van der Waals surface area contributed by atoms with Gasteiger partial charge in [0.2, 0.25) is 11.5 Å². The van der Waals surface area contributed by atoms with Crippen molar-refractivity contribution in [2.75, 3.05) is 18.0 Å². The molecule has 2 aromatic rings. The van der Waals surface area contributed by atoms with Crippen LogP contribution in [0.3, 0.4) is 0 Å². The quantitative estimate of drug-likeness (QED) is 0.106. The number of carbonyl (C=O) groups is 3. The van der Waals surface area contributed by atoms with Gasteiger partial charge in [-0.25, -0.2) is 9.59 Å². The summed E-state index contributed by atoms with van der Waals surface area (Å²) in [5.41, 5.74) is 5.04. The molecule has 0 radical (unpaired) electrons. The van der Waals surface area contributed by atoms with E-state index in [1.165, 1.54) is 0 Å². The molecule has 3 aliphatic rings. The van der Waals surface area contributed by atoms with Crippen molar-refractivity contribution < 1.29 is 34.3 Å². The van der Waals surface area contributed by atoms with Crippen molar-refractivity contribution in [3.63, 3.8) is 0 Å². The number of unbranched alkanes of at least 4 members (excludes halogenated alkanes) is 6. The third-order valence-corrected chi connectivity index (χ3v) is 10.3. The second kappa shape index (κ2) is 13.6. The van der Waals surface area contributed by atoms with Crippen molar-refractivity contribution in [1.82, 2.24) is 0 Å².